The van der Waals surface area contributed by atoms with Crippen LogP contribution in [0.3, 0.4) is 0 Å². The normalized spacial score (nSPS) is 10.9. The van der Waals surface area contributed by atoms with Gasteiger partial charge in [-0.05, 0) is 42.5 Å². The van der Waals surface area contributed by atoms with E-state index in [0.717, 1.165) is 0 Å². The van der Waals surface area contributed by atoms with Gasteiger partial charge < -0.3 is 10.1 Å². The van der Waals surface area contributed by atoms with Crippen molar-refractivity contribution in [1.29, 1.82) is 0 Å². The van der Waals surface area contributed by atoms with Gasteiger partial charge in [0.2, 0.25) is 10.0 Å². The molecule has 0 radical (unpaired) electrons. The summed E-state index contributed by atoms with van der Waals surface area (Å²) >= 11 is 0. The highest BCUT2D eigenvalue weighted by Gasteiger charge is 2.12. The molecule has 7 nitrogen and oxygen atoms in total. The van der Waals surface area contributed by atoms with Crippen LogP contribution >= 0.6 is 0 Å². The van der Waals surface area contributed by atoms with Crippen LogP contribution in [0.25, 0.3) is 0 Å². The molecule has 0 atom stereocenters. The number of carbonyl (C=O) groups excluding carboxylic acids is 2. The minimum Gasteiger partial charge on any atom is -0.465 e. The zero-order chi connectivity index (χ0) is 17.0. The summed E-state index contributed by atoms with van der Waals surface area (Å²) in [7, 11) is -2.53. The predicted molar refractivity (Wildman–Crippen MR) is 83.5 cm³/mol. The smallest absolute Gasteiger partial charge is 0.337 e. The Balaban J connectivity index is 2.18. The van der Waals surface area contributed by atoms with Crippen LogP contribution in [0.2, 0.25) is 0 Å². The van der Waals surface area contributed by atoms with Crippen molar-refractivity contribution in [2.45, 2.75) is 4.90 Å². The van der Waals surface area contributed by atoms with E-state index in [0.29, 0.717) is 5.69 Å². The number of hydrogen-bond acceptors (Lipinski definition) is 5. The molecule has 0 aliphatic carbocycles. The lowest BCUT2D eigenvalue weighted by Gasteiger charge is -2.07. The molecular weight excluding hydrogens is 320 g/mol. The topological polar surface area (TPSA) is 116 Å². The third-order valence-corrected chi connectivity index (χ3v) is 3.92. The number of ether oxygens (including phenoxy) is 1. The first-order chi connectivity index (χ1) is 10.8. The summed E-state index contributed by atoms with van der Waals surface area (Å²) in [5.74, 6) is -0.990. The number of nitrogens with two attached hydrogens (primary N) is 1. The number of carbonyl (C=O) groups is 2. The molecule has 0 spiro atoms. The van der Waals surface area contributed by atoms with E-state index in [9.17, 15) is 18.0 Å². The minimum atomic E-state index is -3.78. The molecule has 2 aromatic carbocycles. The van der Waals surface area contributed by atoms with Gasteiger partial charge in [-0.1, -0.05) is 6.07 Å². The molecule has 8 heteroatoms. The monoisotopic (exact) mass is 334 g/mol. The maximum atomic E-state index is 12.2. The molecule has 3 N–H and O–H groups in total. The average Bonchev–Trinajstić information content (AvgIpc) is 2.54. The molecule has 0 aliphatic rings. The Morgan fingerprint density at radius 3 is 2.22 bits per heavy atom. The third-order valence-electron chi connectivity index (χ3n) is 2.99. The lowest BCUT2D eigenvalue weighted by Crippen LogP contribution is -2.14. The summed E-state index contributed by atoms with van der Waals surface area (Å²) < 4.78 is 26.9. The van der Waals surface area contributed by atoms with Gasteiger partial charge in [0.05, 0.1) is 17.6 Å². The number of nitrogens with one attached hydrogen (secondary N) is 1. The van der Waals surface area contributed by atoms with Crippen molar-refractivity contribution in [3.8, 4) is 0 Å². The Bertz CT molecular complexity index is 844. The van der Waals surface area contributed by atoms with Gasteiger partial charge in [0, 0.05) is 11.3 Å². The van der Waals surface area contributed by atoms with Crippen molar-refractivity contribution >= 4 is 27.6 Å². The lowest BCUT2D eigenvalue weighted by atomic mass is 10.1. The van der Waals surface area contributed by atoms with E-state index in [1.165, 1.54) is 43.5 Å². The highest BCUT2D eigenvalue weighted by Crippen LogP contribution is 2.14. The van der Waals surface area contributed by atoms with Gasteiger partial charge in [0.1, 0.15) is 0 Å². The van der Waals surface area contributed by atoms with Crippen LogP contribution in [0, 0.1) is 0 Å². The largest absolute Gasteiger partial charge is 0.465 e. The van der Waals surface area contributed by atoms with Crippen LogP contribution in [-0.2, 0) is 14.8 Å². The van der Waals surface area contributed by atoms with Crippen molar-refractivity contribution in [2.24, 2.45) is 5.14 Å². The number of hydrogen-bond donors (Lipinski definition) is 2. The molecule has 23 heavy (non-hydrogen) atoms. The number of benzene rings is 2. The molecule has 0 bridgehead atoms. The second-order valence-corrected chi connectivity index (χ2v) is 6.16. The Morgan fingerprint density at radius 1 is 1.04 bits per heavy atom. The van der Waals surface area contributed by atoms with E-state index < -0.39 is 21.9 Å². The Kier molecular flexibility index (Phi) is 4.77. The molecule has 0 aliphatic heterocycles. The van der Waals surface area contributed by atoms with E-state index in [4.69, 9.17) is 5.14 Å². The summed E-state index contributed by atoms with van der Waals surface area (Å²) in [6.07, 6.45) is 0. The van der Waals surface area contributed by atoms with Crippen molar-refractivity contribution in [3.63, 3.8) is 0 Å². The minimum absolute atomic E-state index is 0.0526. The molecule has 0 saturated carbocycles. The van der Waals surface area contributed by atoms with Gasteiger partial charge in [0.15, 0.2) is 0 Å². The Labute approximate surface area is 133 Å². The van der Waals surface area contributed by atoms with Crippen molar-refractivity contribution in [2.75, 3.05) is 12.4 Å². The first-order valence-electron chi connectivity index (χ1n) is 6.44. The van der Waals surface area contributed by atoms with Gasteiger partial charge >= 0.3 is 5.97 Å². The predicted octanol–water partition coefficient (Wildman–Crippen LogP) is 1.37. The van der Waals surface area contributed by atoms with E-state index in [-0.39, 0.29) is 16.0 Å². The lowest BCUT2D eigenvalue weighted by molar-refractivity contribution is 0.0600. The zero-order valence-electron chi connectivity index (χ0n) is 12.1. The summed E-state index contributed by atoms with van der Waals surface area (Å²) in [6, 6.07) is 11.4. The number of rotatable bonds is 4. The van der Waals surface area contributed by atoms with Crippen LogP contribution in [0.5, 0.6) is 0 Å². The molecule has 0 heterocycles. The fourth-order valence-electron chi connectivity index (χ4n) is 1.84. The quantitative estimate of drug-likeness (QED) is 0.819. The number of sulfonamides is 1. The van der Waals surface area contributed by atoms with Crippen LogP contribution < -0.4 is 10.5 Å². The van der Waals surface area contributed by atoms with Gasteiger partial charge in [-0.25, -0.2) is 18.4 Å². The maximum Gasteiger partial charge on any atom is 0.337 e. The van der Waals surface area contributed by atoms with Crippen LogP contribution in [0.15, 0.2) is 53.4 Å². The molecule has 0 aromatic heterocycles. The Morgan fingerprint density at radius 2 is 1.65 bits per heavy atom. The average molecular weight is 334 g/mol. The van der Waals surface area contributed by atoms with Crippen molar-refractivity contribution < 1.29 is 22.7 Å². The molecule has 2 rings (SSSR count). The second kappa shape index (κ2) is 6.59. The van der Waals surface area contributed by atoms with E-state index in [1.54, 1.807) is 12.1 Å². The van der Waals surface area contributed by atoms with Gasteiger partial charge in [-0.2, -0.15) is 0 Å². The second-order valence-electron chi connectivity index (χ2n) is 4.60. The summed E-state index contributed by atoms with van der Waals surface area (Å²) in [6.45, 7) is 0. The SMILES string of the molecule is COC(=O)c1cccc(C(=O)Nc2ccc(S(N)(=O)=O)cc2)c1. The number of methoxy groups -OCH3 is 1. The van der Waals surface area contributed by atoms with Gasteiger partial charge in [0.25, 0.3) is 5.91 Å². The highest BCUT2D eigenvalue weighted by atomic mass is 32.2. The molecule has 0 saturated heterocycles. The summed E-state index contributed by atoms with van der Waals surface area (Å²) in [5.41, 5.74) is 0.916. The van der Waals surface area contributed by atoms with E-state index >= 15 is 0 Å². The zero-order valence-corrected chi connectivity index (χ0v) is 13.0. The molecule has 0 fully saturated rings. The third kappa shape index (κ3) is 4.15. The Hall–Kier alpha value is -2.71. The fourth-order valence-corrected chi connectivity index (χ4v) is 2.35. The number of esters is 1. The fraction of sp³-hybridized carbons (Fsp3) is 0.0667. The number of amides is 1. The highest BCUT2D eigenvalue weighted by molar-refractivity contribution is 7.89. The van der Waals surface area contributed by atoms with Gasteiger partial charge in [-0.3, -0.25) is 4.79 Å². The van der Waals surface area contributed by atoms with Crippen LogP contribution in [-0.4, -0.2) is 27.4 Å². The number of anilines is 1. The summed E-state index contributed by atoms with van der Waals surface area (Å²) in [5, 5.41) is 7.59. The maximum absolute atomic E-state index is 12.2. The van der Waals surface area contributed by atoms with Crippen LogP contribution in [0.4, 0.5) is 5.69 Å². The standard InChI is InChI=1S/C15H14N2O5S/c1-22-15(19)11-4-2-3-10(9-11)14(18)17-12-5-7-13(8-6-12)23(16,20)21/h2-9H,1H3,(H,17,18)(H2,16,20,21). The first kappa shape index (κ1) is 16.7. The van der Waals surface area contributed by atoms with Crippen molar-refractivity contribution in [1.82, 2.24) is 0 Å². The van der Waals surface area contributed by atoms with Gasteiger partial charge in [-0.15, -0.1) is 0 Å². The first-order valence-corrected chi connectivity index (χ1v) is 7.98. The van der Waals surface area contributed by atoms with Crippen LogP contribution in [0.1, 0.15) is 20.7 Å². The summed E-state index contributed by atoms with van der Waals surface area (Å²) in [4.78, 5) is 23.6. The van der Waals surface area contributed by atoms with E-state index in [2.05, 4.69) is 10.1 Å². The van der Waals surface area contributed by atoms with E-state index in [1.807, 2.05) is 0 Å². The molecule has 1 amide bonds. The molecule has 2 aromatic rings. The van der Waals surface area contributed by atoms with Crippen molar-refractivity contribution in [3.05, 3.63) is 59.7 Å². The molecular formula is C15H14N2O5S. The number of primary sulfonamides is 1. The molecule has 0 unspecified atom stereocenters. The molecule has 120 valence electrons.